The molecule has 8 nitrogen and oxygen atoms in total. The number of carbonyl (C=O) groups excluding carboxylic acids is 2. The van der Waals surface area contributed by atoms with Crippen LogP contribution in [0.25, 0.3) is 0 Å². The van der Waals surface area contributed by atoms with Gasteiger partial charge in [0.1, 0.15) is 11.6 Å². The smallest absolute Gasteiger partial charge is 0.475 e. The van der Waals surface area contributed by atoms with Crippen LogP contribution in [0.3, 0.4) is 0 Å². The topological polar surface area (TPSA) is 128 Å². The van der Waals surface area contributed by atoms with Gasteiger partial charge in [0.25, 0.3) is 0 Å². The molecule has 4 N–H and O–H groups in total. The highest BCUT2D eigenvalue weighted by atomic mass is 19.4. The van der Waals surface area contributed by atoms with Crippen LogP contribution in [-0.4, -0.2) is 54.6 Å². The van der Waals surface area contributed by atoms with Gasteiger partial charge in [-0.1, -0.05) is 0 Å². The summed E-state index contributed by atoms with van der Waals surface area (Å²) in [4.78, 5) is 31.1. The second kappa shape index (κ2) is 10.7. The molecule has 0 rings (SSSR count). The number of rotatable bonds is 5. The van der Waals surface area contributed by atoms with Crippen molar-refractivity contribution < 1.29 is 42.1 Å². The number of esters is 1. The summed E-state index contributed by atoms with van der Waals surface area (Å²) in [5.41, 5.74) is 5.02. The summed E-state index contributed by atoms with van der Waals surface area (Å²) in [7, 11) is 1.29. The summed E-state index contributed by atoms with van der Waals surface area (Å²) in [6.45, 7) is 5.79. The van der Waals surface area contributed by atoms with E-state index in [4.69, 9.17) is 20.4 Å². The third kappa shape index (κ3) is 14.9. The van der Waals surface area contributed by atoms with Crippen LogP contribution in [0.5, 0.6) is 0 Å². The fourth-order valence-electron chi connectivity index (χ4n) is 1.10. The summed E-state index contributed by atoms with van der Waals surface area (Å²) in [5.74, 6) is -3.20. The van der Waals surface area contributed by atoms with Crippen LogP contribution in [0.15, 0.2) is 0 Å². The van der Waals surface area contributed by atoms with E-state index in [1.54, 1.807) is 20.8 Å². The molecule has 0 heterocycles. The minimum atomic E-state index is -5.08. The molecule has 0 aromatic heterocycles. The first-order valence-electron chi connectivity index (χ1n) is 6.81. The molecular formula is C13H23F3N2O6. The van der Waals surface area contributed by atoms with E-state index in [1.807, 2.05) is 0 Å². The van der Waals surface area contributed by atoms with E-state index in [-0.39, 0.29) is 0 Å². The number of carbonyl (C=O) groups is 3. The number of nitrogens with two attached hydrogens (primary N) is 1. The van der Waals surface area contributed by atoms with E-state index in [1.165, 1.54) is 7.11 Å². The lowest BCUT2D eigenvalue weighted by Crippen LogP contribution is -2.35. The number of alkyl halides is 3. The SMILES string of the molecule is COC(=O)C(N)CCCNC(=O)OC(C)(C)C.O=C(O)C(F)(F)F. The van der Waals surface area contributed by atoms with Gasteiger partial charge in [-0.3, -0.25) is 4.79 Å². The molecule has 0 aliphatic carbocycles. The fraction of sp³-hybridized carbons (Fsp3) is 0.769. The molecule has 0 fully saturated rings. The van der Waals surface area contributed by atoms with E-state index >= 15 is 0 Å². The predicted octanol–water partition coefficient (Wildman–Crippen LogP) is 1.42. The van der Waals surface area contributed by atoms with Crippen molar-refractivity contribution in [2.75, 3.05) is 13.7 Å². The van der Waals surface area contributed by atoms with Gasteiger partial charge in [-0.2, -0.15) is 13.2 Å². The van der Waals surface area contributed by atoms with Crippen molar-refractivity contribution in [1.82, 2.24) is 5.32 Å². The maximum absolute atomic E-state index is 11.2. The summed E-state index contributed by atoms with van der Waals surface area (Å²) in [6, 6.07) is -0.638. The third-order valence-electron chi connectivity index (χ3n) is 2.11. The van der Waals surface area contributed by atoms with Gasteiger partial charge in [0.05, 0.1) is 7.11 Å². The van der Waals surface area contributed by atoms with Crippen LogP contribution < -0.4 is 11.1 Å². The van der Waals surface area contributed by atoms with Gasteiger partial charge in [-0.25, -0.2) is 9.59 Å². The fourth-order valence-corrected chi connectivity index (χ4v) is 1.10. The Balaban J connectivity index is 0. The number of carboxylic acids is 1. The van der Waals surface area contributed by atoms with Crippen molar-refractivity contribution in [2.24, 2.45) is 5.73 Å². The van der Waals surface area contributed by atoms with Crippen LogP contribution in [-0.2, 0) is 19.1 Å². The first-order valence-corrected chi connectivity index (χ1v) is 6.81. The molecule has 1 unspecified atom stereocenters. The van der Waals surface area contributed by atoms with Gasteiger partial charge in [0.2, 0.25) is 0 Å². The van der Waals surface area contributed by atoms with Crippen molar-refractivity contribution in [3.63, 3.8) is 0 Å². The van der Waals surface area contributed by atoms with Crippen LogP contribution in [0, 0.1) is 0 Å². The number of nitrogens with one attached hydrogen (secondary N) is 1. The van der Waals surface area contributed by atoms with Crippen LogP contribution >= 0.6 is 0 Å². The first kappa shape index (κ1) is 24.2. The Hall–Kier alpha value is -2.04. The number of carboxylic acid groups (broad SMARTS) is 1. The van der Waals surface area contributed by atoms with Crippen molar-refractivity contribution in [1.29, 1.82) is 0 Å². The molecule has 0 aliphatic heterocycles. The summed E-state index contributed by atoms with van der Waals surface area (Å²) in [5, 5.41) is 9.71. The van der Waals surface area contributed by atoms with Crippen molar-refractivity contribution in [3.8, 4) is 0 Å². The largest absolute Gasteiger partial charge is 0.490 e. The van der Waals surface area contributed by atoms with E-state index < -0.39 is 35.9 Å². The van der Waals surface area contributed by atoms with Gasteiger partial charge in [0, 0.05) is 6.54 Å². The lowest BCUT2D eigenvalue weighted by molar-refractivity contribution is -0.192. The number of halogens is 3. The molecule has 0 spiro atoms. The van der Waals surface area contributed by atoms with Crippen LogP contribution in [0.1, 0.15) is 33.6 Å². The summed E-state index contributed by atoms with van der Waals surface area (Å²) in [6.07, 6.45) is -4.50. The molecule has 0 aromatic rings. The second-order valence-corrected chi connectivity index (χ2v) is 5.50. The quantitative estimate of drug-likeness (QED) is 0.500. The molecule has 0 aromatic carbocycles. The minimum Gasteiger partial charge on any atom is -0.475 e. The lowest BCUT2D eigenvalue weighted by atomic mass is 10.2. The standard InChI is InChI=1S/C11H22N2O4.C2HF3O2/c1-11(2,3)17-10(15)13-7-5-6-8(12)9(14)16-4;3-2(4,5)1(6)7/h8H,5-7,12H2,1-4H3,(H,13,15);(H,6,7). The van der Waals surface area contributed by atoms with Gasteiger partial charge in [0.15, 0.2) is 0 Å². The van der Waals surface area contributed by atoms with E-state index in [0.29, 0.717) is 19.4 Å². The van der Waals surface area contributed by atoms with Gasteiger partial charge in [-0.05, 0) is 33.6 Å². The Morgan fingerprint density at radius 3 is 2.00 bits per heavy atom. The highest BCUT2D eigenvalue weighted by Gasteiger charge is 2.38. The average Bonchev–Trinajstić information content (AvgIpc) is 2.40. The monoisotopic (exact) mass is 360 g/mol. The van der Waals surface area contributed by atoms with Gasteiger partial charge >= 0.3 is 24.2 Å². The zero-order valence-corrected chi connectivity index (χ0v) is 13.9. The zero-order chi connectivity index (χ0) is 19.6. The molecule has 1 amide bonds. The molecule has 0 radical (unpaired) electrons. The molecule has 0 saturated carbocycles. The number of hydrogen-bond acceptors (Lipinski definition) is 6. The molecule has 24 heavy (non-hydrogen) atoms. The van der Waals surface area contributed by atoms with Crippen molar-refractivity contribution in [3.05, 3.63) is 0 Å². The molecule has 142 valence electrons. The molecule has 0 bridgehead atoms. The number of aliphatic carboxylic acids is 1. The van der Waals surface area contributed by atoms with Gasteiger partial charge in [-0.15, -0.1) is 0 Å². The number of hydrogen-bond donors (Lipinski definition) is 3. The van der Waals surface area contributed by atoms with Crippen molar-refractivity contribution >= 4 is 18.0 Å². The molecule has 1 atom stereocenters. The highest BCUT2D eigenvalue weighted by Crippen LogP contribution is 2.13. The predicted molar refractivity (Wildman–Crippen MR) is 77.2 cm³/mol. The zero-order valence-electron chi connectivity index (χ0n) is 13.9. The summed E-state index contributed by atoms with van der Waals surface area (Å²) >= 11 is 0. The molecule has 0 saturated heterocycles. The Bertz CT molecular complexity index is 421. The number of ether oxygens (including phenoxy) is 2. The average molecular weight is 360 g/mol. The Labute approximate surface area is 137 Å². The van der Waals surface area contributed by atoms with E-state index in [2.05, 4.69) is 10.1 Å². The third-order valence-corrected chi connectivity index (χ3v) is 2.11. The lowest BCUT2D eigenvalue weighted by Gasteiger charge is -2.19. The van der Waals surface area contributed by atoms with E-state index in [0.717, 1.165) is 0 Å². The molecule has 0 aliphatic rings. The second-order valence-electron chi connectivity index (χ2n) is 5.50. The number of amides is 1. The highest BCUT2D eigenvalue weighted by molar-refractivity contribution is 5.75. The van der Waals surface area contributed by atoms with Crippen LogP contribution in [0.4, 0.5) is 18.0 Å². The Kier molecular flexibility index (Phi) is 10.8. The first-order chi connectivity index (χ1) is 10.7. The minimum absolute atomic E-state index is 0.416. The summed E-state index contributed by atoms with van der Waals surface area (Å²) < 4.78 is 41.3. The van der Waals surface area contributed by atoms with E-state index in [9.17, 15) is 22.8 Å². The number of methoxy groups -OCH3 is 1. The normalized spacial score (nSPS) is 12.3. The maximum Gasteiger partial charge on any atom is 0.490 e. The number of alkyl carbamates (subject to hydrolysis) is 1. The molecule has 11 heteroatoms. The van der Waals surface area contributed by atoms with Crippen molar-refractivity contribution in [2.45, 2.75) is 51.4 Å². The molecular weight excluding hydrogens is 337 g/mol. The van der Waals surface area contributed by atoms with Crippen LogP contribution in [0.2, 0.25) is 0 Å². The Morgan fingerprint density at radius 2 is 1.67 bits per heavy atom. The Morgan fingerprint density at radius 1 is 1.21 bits per heavy atom. The van der Waals surface area contributed by atoms with Gasteiger partial charge < -0.3 is 25.6 Å². The maximum atomic E-state index is 11.2.